The molecular weight excluding hydrogens is 396 g/mol. The number of aryl methyl sites for hydroxylation is 1. The van der Waals surface area contributed by atoms with Crippen LogP contribution in [0.1, 0.15) is 76.7 Å². The van der Waals surface area contributed by atoms with Crippen molar-refractivity contribution in [1.82, 2.24) is 0 Å². The third-order valence-electron chi connectivity index (χ3n) is 6.37. The first-order valence-corrected chi connectivity index (χ1v) is 12.8. The predicted molar refractivity (Wildman–Crippen MR) is 133 cm³/mol. The van der Waals surface area contributed by atoms with Crippen molar-refractivity contribution in [1.29, 1.82) is 0 Å². The van der Waals surface area contributed by atoms with Gasteiger partial charge in [-0.1, -0.05) is 61.7 Å². The minimum absolute atomic E-state index is 0.451. The Labute approximate surface area is 195 Å². The first-order valence-electron chi connectivity index (χ1n) is 12.8. The molecule has 2 aromatic rings. The van der Waals surface area contributed by atoms with Crippen molar-refractivity contribution in [2.24, 2.45) is 0 Å². The lowest BCUT2D eigenvalue weighted by atomic mass is 9.95. The van der Waals surface area contributed by atoms with Crippen LogP contribution in [0.25, 0.3) is 11.1 Å². The molecule has 0 bridgehead atoms. The molecule has 0 heterocycles. The van der Waals surface area contributed by atoms with Gasteiger partial charge in [0, 0.05) is 13.2 Å². The SMILES string of the molecule is CCCCOC1CCC(OCCCCCCOc2ccc(-c3ccc(C)cc3)cc2)CC1. The molecule has 1 saturated carbocycles. The zero-order valence-electron chi connectivity index (χ0n) is 20.2. The zero-order chi connectivity index (χ0) is 22.4. The first-order chi connectivity index (χ1) is 15.7. The highest BCUT2D eigenvalue weighted by molar-refractivity contribution is 5.64. The Morgan fingerprint density at radius 2 is 1.12 bits per heavy atom. The van der Waals surface area contributed by atoms with Gasteiger partial charge in [-0.2, -0.15) is 0 Å². The molecule has 0 spiro atoms. The maximum absolute atomic E-state index is 6.10. The fourth-order valence-corrected chi connectivity index (χ4v) is 4.25. The Morgan fingerprint density at radius 3 is 1.69 bits per heavy atom. The van der Waals surface area contributed by atoms with Gasteiger partial charge in [0.25, 0.3) is 0 Å². The quantitative estimate of drug-likeness (QED) is 0.282. The summed E-state index contributed by atoms with van der Waals surface area (Å²) in [5.74, 6) is 0.957. The molecule has 0 amide bonds. The van der Waals surface area contributed by atoms with Gasteiger partial charge < -0.3 is 14.2 Å². The van der Waals surface area contributed by atoms with E-state index in [2.05, 4.69) is 62.4 Å². The van der Waals surface area contributed by atoms with E-state index in [4.69, 9.17) is 14.2 Å². The minimum Gasteiger partial charge on any atom is -0.494 e. The van der Waals surface area contributed by atoms with E-state index in [1.54, 1.807) is 0 Å². The molecule has 1 aliphatic rings. The minimum atomic E-state index is 0.451. The lowest BCUT2D eigenvalue weighted by Crippen LogP contribution is -2.27. The maximum Gasteiger partial charge on any atom is 0.119 e. The van der Waals surface area contributed by atoms with Crippen LogP contribution in [0, 0.1) is 6.92 Å². The highest BCUT2D eigenvalue weighted by atomic mass is 16.5. The number of hydrogen-bond acceptors (Lipinski definition) is 3. The second-order valence-electron chi connectivity index (χ2n) is 9.15. The van der Waals surface area contributed by atoms with Crippen molar-refractivity contribution in [2.75, 3.05) is 19.8 Å². The van der Waals surface area contributed by atoms with Gasteiger partial charge in [-0.25, -0.2) is 0 Å². The molecule has 3 heteroatoms. The van der Waals surface area contributed by atoms with Crippen molar-refractivity contribution in [3.8, 4) is 16.9 Å². The molecule has 1 fully saturated rings. The van der Waals surface area contributed by atoms with Gasteiger partial charge in [-0.15, -0.1) is 0 Å². The lowest BCUT2D eigenvalue weighted by molar-refractivity contribution is -0.0325. The van der Waals surface area contributed by atoms with Gasteiger partial charge in [-0.3, -0.25) is 0 Å². The van der Waals surface area contributed by atoms with Crippen molar-refractivity contribution in [3.05, 3.63) is 54.1 Å². The summed E-state index contributed by atoms with van der Waals surface area (Å²) in [5.41, 5.74) is 3.77. The number of unbranched alkanes of at least 4 members (excludes halogenated alkanes) is 4. The fraction of sp³-hybridized carbons (Fsp3) is 0.586. The van der Waals surface area contributed by atoms with Gasteiger partial charge in [0.1, 0.15) is 5.75 Å². The second-order valence-corrected chi connectivity index (χ2v) is 9.15. The molecule has 1 aliphatic carbocycles. The van der Waals surface area contributed by atoms with Crippen LogP contribution in [0.2, 0.25) is 0 Å². The van der Waals surface area contributed by atoms with E-state index in [1.807, 2.05) is 0 Å². The van der Waals surface area contributed by atoms with E-state index in [1.165, 1.54) is 42.4 Å². The largest absolute Gasteiger partial charge is 0.494 e. The van der Waals surface area contributed by atoms with Crippen LogP contribution in [-0.2, 0) is 9.47 Å². The van der Waals surface area contributed by atoms with Gasteiger partial charge in [0.05, 0.1) is 18.8 Å². The Hall–Kier alpha value is -1.84. The molecule has 0 atom stereocenters. The summed E-state index contributed by atoms with van der Waals surface area (Å²) in [7, 11) is 0. The third-order valence-corrected chi connectivity index (χ3v) is 6.37. The van der Waals surface area contributed by atoms with Crippen LogP contribution >= 0.6 is 0 Å². The van der Waals surface area contributed by atoms with Gasteiger partial charge in [0.15, 0.2) is 0 Å². The van der Waals surface area contributed by atoms with Crippen LogP contribution in [0.3, 0.4) is 0 Å². The summed E-state index contributed by atoms with van der Waals surface area (Å²) in [6.45, 7) is 6.94. The number of hydrogen-bond donors (Lipinski definition) is 0. The smallest absolute Gasteiger partial charge is 0.119 e. The Bertz CT molecular complexity index is 730. The molecule has 0 aliphatic heterocycles. The summed E-state index contributed by atoms with van der Waals surface area (Å²) in [6, 6.07) is 17.1. The standard InChI is InChI=1S/C29H42O3/c1-3-4-21-30-28-17-19-29(20-18-28)32-23-8-6-5-7-22-31-27-15-13-26(14-16-27)25-11-9-24(2)10-12-25/h9-16,28-29H,3-8,17-23H2,1-2H3. The summed E-state index contributed by atoms with van der Waals surface area (Å²) in [4.78, 5) is 0. The average molecular weight is 439 g/mol. The van der Waals surface area contributed by atoms with E-state index in [0.29, 0.717) is 12.2 Å². The van der Waals surface area contributed by atoms with Gasteiger partial charge >= 0.3 is 0 Å². The second kappa shape index (κ2) is 14.3. The number of benzene rings is 2. The Kier molecular flexibility index (Phi) is 11.1. The third kappa shape index (κ3) is 8.96. The van der Waals surface area contributed by atoms with Crippen molar-refractivity contribution >= 4 is 0 Å². The molecule has 0 radical (unpaired) electrons. The van der Waals surface area contributed by atoms with E-state index in [0.717, 1.165) is 64.1 Å². The highest BCUT2D eigenvalue weighted by Gasteiger charge is 2.21. The lowest BCUT2D eigenvalue weighted by Gasteiger charge is -2.28. The van der Waals surface area contributed by atoms with Crippen molar-refractivity contribution in [2.45, 2.75) is 90.3 Å². The molecular formula is C29H42O3. The van der Waals surface area contributed by atoms with Crippen LogP contribution in [0.15, 0.2) is 48.5 Å². The monoisotopic (exact) mass is 438 g/mol. The molecule has 3 nitrogen and oxygen atoms in total. The van der Waals surface area contributed by atoms with Crippen LogP contribution in [0.5, 0.6) is 5.75 Å². The van der Waals surface area contributed by atoms with E-state index in [9.17, 15) is 0 Å². The first kappa shape index (κ1) is 24.8. The number of rotatable bonds is 14. The van der Waals surface area contributed by atoms with Crippen LogP contribution < -0.4 is 4.74 Å². The van der Waals surface area contributed by atoms with Crippen molar-refractivity contribution in [3.63, 3.8) is 0 Å². The van der Waals surface area contributed by atoms with Gasteiger partial charge in [-0.05, 0) is 81.5 Å². The van der Waals surface area contributed by atoms with E-state index in [-0.39, 0.29) is 0 Å². The molecule has 0 unspecified atom stereocenters. The average Bonchev–Trinajstić information content (AvgIpc) is 2.83. The molecule has 0 aromatic heterocycles. The molecule has 0 saturated heterocycles. The Balaban J connectivity index is 1.18. The van der Waals surface area contributed by atoms with E-state index < -0.39 is 0 Å². The van der Waals surface area contributed by atoms with E-state index >= 15 is 0 Å². The summed E-state index contributed by atoms with van der Waals surface area (Å²) in [5, 5.41) is 0. The normalized spacial score (nSPS) is 18.6. The molecule has 2 aromatic carbocycles. The molecule has 0 N–H and O–H groups in total. The number of ether oxygens (including phenoxy) is 3. The molecule has 3 rings (SSSR count). The van der Waals surface area contributed by atoms with Crippen LogP contribution in [0.4, 0.5) is 0 Å². The summed E-state index contributed by atoms with van der Waals surface area (Å²) in [6.07, 6.45) is 12.6. The zero-order valence-corrected chi connectivity index (χ0v) is 20.2. The van der Waals surface area contributed by atoms with Gasteiger partial charge in [0.2, 0.25) is 0 Å². The summed E-state index contributed by atoms with van der Waals surface area (Å²) < 4.78 is 18.0. The fourth-order valence-electron chi connectivity index (χ4n) is 4.25. The molecule has 176 valence electrons. The van der Waals surface area contributed by atoms with Crippen molar-refractivity contribution < 1.29 is 14.2 Å². The topological polar surface area (TPSA) is 27.7 Å². The predicted octanol–water partition coefficient (Wildman–Crippen LogP) is 7.75. The molecule has 32 heavy (non-hydrogen) atoms. The summed E-state index contributed by atoms with van der Waals surface area (Å²) >= 11 is 0. The maximum atomic E-state index is 6.10. The Morgan fingerprint density at radius 1 is 0.625 bits per heavy atom. The van der Waals surface area contributed by atoms with Crippen LogP contribution in [-0.4, -0.2) is 32.0 Å². The highest BCUT2D eigenvalue weighted by Crippen LogP contribution is 2.25.